The molecule has 1 saturated heterocycles. The fourth-order valence-electron chi connectivity index (χ4n) is 1.29. The van der Waals surface area contributed by atoms with Crippen LogP contribution in [0.5, 0.6) is 0 Å². The Balaban J connectivity index is 2.53. The number of nitrogens with two attached hydrogens (primary N) is 2. The van der Waals surface area contributed by atoms with Gasteiger partial charge in [-0.25, -0.2) is 0 Å². The number of amides is 1. The van der Waals surface area contributed by atoms with Crippen LogP contribution < -0.4 is 16.8 Å². The molecule has 0 aromatic heterocycles. The molecule has 7 N–H and O–H groups in total. The second-order valence-electron chi connectivity index (χ2n) is 3.70. The first-order valence-corrected chi connectivity index (χ1v) is 4.72. The van der Waals surface area contributed by atoms with Gasteiger partial charge in [0.25, 0.3) is 0 Å². The van der Waals surface area contributed by atoms with Gasteiger partial charge in [0.2, 0.25) is 5.91 Å². The number of aliphatic hydroxyl groups is 2. The van der Waals surface area contributed by atoms with E-state index in [2.05, 4.69) is 5.32 Å². The van der Waals surface area contributed by atoms with Gasteiger partial charge in [-0.2, -0.15) is 0 Å². The lowest BCUT2D eigenvalue weighted by Crippen LogP contribution is -2.63. The maximum absolute atomic E-state index is 11.2. The third-order valence-corrected chi connectivity index (χ3v) is 2.32. The zero-order valence-electron chi connectivity index (χ0n) is 8.46. The van der Waals surface area contributed by atoms with E-state index in [9.17, 15) is 9.90 Å². The van der Waals surface area contributed by atoms with Crippen molar-refractivity contribution in [3.63, 3.8) is 0 Å². The third-order valence-electron chi connectivity index (χ3n) is 2.32. The summed E-state index contributed by atoms with van der Waals surface area (Å²) >= 11 is 0. The highest BCUT2D eigenvalue weighted by Gasteiger charge is 2.37. The Kier molecular flexibility index (Phi) is 4.00. The van der Waals surface area contributed by atoms with Crippen LogP contribution in [0.4, 0.5) is 0 Å². The second kappa shape index (κ2) is 4.86. The predicted octanol–water partition coefficient (Wildman–Crippen LogP) is -3.14. The monoisotopic (exact) mass is 219 g/mol. The molecule has 1 heterocycles. The van der Waals surface area contributed by atoms with Crippen LogP contribution in [-0.4, -0.2) is 53.2 Å². The summed E-state index contributed by atoms with van der Waals surface area (Å²) in [5, 5.41) is 21.3. The van der Waals surface area contributed by atoms with Crippen LogP contribution in [0.15, 0.2) is 0 Å². The second-order valence-corrected chi connectivity index (χ2v) is 3.70. The van der Waals surface area contributed by atoms with Crippen LogP contribution in [0.25, 0.3) is 0 Å². The van der Waals surface area contributed by atoms with E-state index in [1.165, 1.54) is 6.92 Å². The van der Waals surface area contributed by atoms with E-state index in [0.717, 1.165) is 0 Å². The van der Waals surface area contributed by atoms with Crippen molar-refractivity contribution in [2.24, 2.45) is 11.5 Å². The van der Waals surface area contributed by atoms with Gasteiger partial charge in [0.15, 0.2) is 6.29 Å². The zero-order chi connectivity index (χ0) is 11.6. The number of carbonyl (C=O) groups is 1. The Bertz CT molecular complexity index is 236. The van der Waals surface area contributed by atoms with Crippen molar-refractivity contribution in [2.45, 2.75) is 37.4 Å². The average Bonchev–Trinajstić information content (AvgIpc) is 2.18. The largest absolute Gasteiger partial charge is 0.389 e. The first-order chi connectivity index (χ1) is 6.93. The molecule has 1 aliphatic heterocycles. The molecular formula is C8H17N3O4. The predicted molar refractivity (Wildman–Crippen MR) is 51.5 cm³/mol. The van der Waals surface area contributed by atoms with Crippen molar-refractivity contribution < 1.29 is 19.7 Å². The highest BCUT2D eigenvalue weighted by Crippen LogP contribution is 2.11. The highest BCUT2D eigenvalue weighted by molar-refractivity contribution is 5.81. The van der Waals surface area contributed by atoms with E-state index in [1.807, 2.05) is 0 Å². The summed E-state index contributed by atoms with van der Waals surface area (Å²) in [6, 6.07) is -2.24. The molecule has 5 atom stereocenters. The molecule has 1 fully saturated rings. The van der Waals surface area contributed by atoms with Gasteiger partial charge in [-0.15, -0.1) is 0 Å². The maximum Gasteiger partial charge on any atom is 0.237 e. The summed E-state index contributed by atoms with van der Waals surface area (Å²) in [6.07, 6.45) is -2.25. The third kappa shape index (κ3) is 2.86. The van der Waals surface area contributed by atoms with E-state index >= 15 is 0 Å². The number of ether oxygens (including phenoxy) is 1. The fraction of sp³-hybridized carbons (Fsp3) is 0.875. The quantitative estimate of drug-likeness (QED) is 0.333. The average molecular weight is 219 g/mol. The molecule has 15 heavy (non-hydrogen) atoms. The maximum atomic E-state index is 11.2. The van der Waals surface area contributed by atoms with Gasteiger partial charge in [-0.3, -0.25) is 4.79 Å². The van der Waals surface area contributed by atoms with Crippen LogP contribution in [-0.2, 0) is 9.53 Å². The van der Waals surface area contributed by atoms with E-state index in [4.69, 9.17) is 21.3 Å². The lowest BCUT2D eigenvalue weighted by molar-refractivity contribution is -0.178. The molecule has 7 nitrogen and oxygen atoms in total. The molecule has 0 bridgehead atoms. The van der Waals surface area contributed by atoms with Crippen LogP contribution in [0, 0.1) is 0 Å². The normalized spacial score (nSPS) is 38.5. The summed E-state index contributed by atoms with van der Waals surface area (Å²) < 4.78 is 4.87. The molecule has 0 aliphatic carbocycles. The number of hydrogen-bond donors (Lipinski definition) is 5. The Morgan fingerprint density at radius 3 is 2.73 bits per heavy atom. The Morgan fingerprint density at radius 1 is 1.60 bits per heavy atom. The molecule has 88 valence electrons. The van der Waals surface area contributed by atoms with Crippen molar-refractivity contribution in [2.75, 3.05) is 6.61 Å². The molecule has 0 unspecified atom stereocenters. The lowest BCUT2D eigenvalue weighted by atomic mass is 10.0. The molecule has 1 amide bonds. The highest BCUT2D eigenvalue weighted by atomic mass is 16.6. The summed E-state index contributed by atoms with van der Waals surface area (Å²) in [6.45, 7) is 1.54. The van der Waals surface area contributed by atoms with E-state index < -0.39 is 36.4 Å². The molecule has 0 radical (unpaired) electrons. The van der Waals surface area contributed by atoms with Crippen molar-refractivity contribution in [3.05, 3.63) is 0 Å². The number of rotatable bonds is 2. The molecule has 0 saturated carbocycles. The summed E-state index contributed by atoms with van der Waals surface area (Å²) in [7, 11) is 0. The summed E-state index contributed by atoms with van der Waals surface area (Å²) in [4.78, 5) is 11.2. The van der Waals surface area contributed by atoms with Gasteiger partial charge in [0, 0.05) is 0 Å². The number of aliphatic hydroxyl groups excluding tert-OH is 2. The minimum absolute atomic E-state index is 0.00843. The first-order valence-electron chi connectivity index (χ1n) is 4.72. The van der Waals surface area contributed by atoms with Crippen molar-refractivity contribution in [1.82, 2.24) is 5.32 Å². The SMILES string of the molecule is C[C@@H](N)C(=O)N[C@H]1CO[C@H](O)[C@H](N)[C@H]1O. The standard InChI is InChI=1S/C8H17N3O4/c1-3(9)7(13)11-4-2-15-8(14)5(10)6(4)12/h3-6,8,12,14H,2,9-10H2,1H3,(H,11,13)/t3-,4+,5-,6+,8+/m1/s1. The smallest absolute Gasteiger partial charge is 0.237 e. The molecule has 0 aromatic carbocycles. The van der Waals surface area contributed by atoms with Crippen LogP contribution in [0.2, 0.25) is 0 Å². The fourth-order valence-corrected chi connectivity index (χ4v) is 1.29. The lowest BCUT2D eigenvalue weighted by Gasteiger charge is -2.36. The molecule has 0 aromatic rings. The van der Waals surface area contributed by atoms with Crippen molar-refractivity contribution in [3.8, 4) is 0 Å². The Labute approximate surface area is 87.4 Å². The minimum Gasteiger partial charge on any atom is -0.389 e. The first kappa shape index (κ1) is 12.3. The number of carbonyl (C=O) groups excluding carboxylic acids is 1. The molecule has 0 spiro atoms. The van der Waals surface area contributed by atoms with Gasteiger partial charge in [-0.05, 0) is 6.92 Å². The molecule has 1 aliphatic rings. The molecule has 1 rings (SSSR count). The summed E-state index contributed by atoms with van der Waals surface area (Å²) in [5.74, 6) is -0.397. The summed E-state index contributed by atoms with van der Waals surface area (Å²) in [5.41, 5.74) is 10.8. The topological polar surface area (TPSA) is 131 Å². The zero-order valence-corrected chi connectivity index (χ0v) is 8.46. The van der Waals surface area contributed by atoms with Crippen molar-refractivity contribution >= 4 is 5.91 Å². The Hall–Kier alpha value is -0.730. The van der Waals surface area contributed by atoms with Crippen molar-refractivity contribution in [1.29, 1.82) is 0 Å². The van der Waals surface area contributed by atoms with Crippen LogP contribution in [0.3, 0.4) is 0 Å². The van der Waals surface area contributed by atoms with Gasteiger partial charge in [-0.1, -0.05) is 0 Å². The van der Waals surface area contributed by atoms with Gasteiger partial charge in [0.1, 0.15) is 0 Å². The van der Waals surface area contributed by atoms with Crippen LogP contribution >= 0.6 is 0 Å². The number of hydrogen-bond acceptors (Lipinski definition) is 6. The van der Waals surface area contributed by atoms with Gasteiger partial charge >= 0.3 is 0 Å². The molecular weight excluding hydrogens is 202 g/mol. The van der Waals surface area contributed by atoms with E-state index in [-0.39, 0.29) is 6.61 Å². The van der Waals surface area contributed by atoms with Crippen LogP contribution in [0.1, 0.15) is 6.92 Å². The Morgan fingerprint density at radius 2 is 2.20 bits per heavy atom. The number of nitrogens with one attached hydrogen (secondary N) is 1. The molecule has 7 heteroatoms. The minimum atomic E-state index is -1.21. The van der Waals surface area contributed by atoms with E-state index in [0.29, 0.717) is 0 Å². The van der Waals surface area contributed by atoms with Gasteiger partial charge < -0.3 is 31.7 Å². The van der Waals surface area contributed by atoms with Gasteiger partial charge in [0.05, 0.1) is 30.8 Å². The van der Waals surface area contributed by atoms with E-state index in [1.54, 1.807) is 0 Å².